The number of hydrogen-bond donors (Lipinski definition) is 2. The van der Waals surface area contributed by atoms with E-state index in [0.717, 1.165) is 19.4 Å². The van der Waals surface area contributed by atoms with E-state index in [2.05, 4.69) is 11.2 Å². The lowest BCUT2D eigenvalue weighted by molar-refractivity contribution is 0.127. The Balaban J connectivity index is 2.36. The zero-order valence-electron chi connectivity index (χ0n) is 8.34. The lowest BCUT2D eigenvalue weighted by Crippen LogP contribution is -2.38. The van der Waals surface area contributed by atoms with E-state index in [4.69, 9.17) is 6.42 Å². The van der Waals surface area contributed by atoms with Gasteiger partial charge < -0.3 is 10.4 Å². The summed E-state index contributed by atoms with van der Waals surface area (Å²) in [6.45, 7) is 3.12. The normalized spacial score (nSPS) is 22.5. The number of nitrogens with one attached hydrogen (secondary N) is 1. The fourth-order valence-corrected chi connectivity index (χ4v) is 1.94. The molecule has 0 bridgehead atoms. The fourth-order valence-electron chi connectivity index (χ4n) is 1.94. The topological polar surface area (TPSA) is 32.3 Å². The van der Waals surface area contributed by atoms with Gasteiger partial charge >= 0.3 is 0 Å². The van der Waals surface area contributed by atoms with Crippen molar-refractivity contribution in [1.29, 1.82) is 0 Å². The molecule has 1 aliphatic carbocycles. The van der Waals surface area contributed by atoms with Crippen molar-refractivity contribution < 1.29 is 5.11 Å². The van der Waals surface area contributed by atoms with Gasteiger partial charge in [0.2, 0.25) is 0 Å². The Labute approximate surface area is 80.7 Å². The van der Waals surface area contributed by atoms with Crippen LogP contribution in [0.5, 0.6) is 0 Å². The molecule has 1 aliphatic rings. The van der Waals surface area contributed by atoms with Gasteiger partial charge in [0.05, 0.1) is 6.04 Å². The molecule has 2 N–H and O–H groups in total. The van der Waals surface area contributed by atoms with Gasteiger partial charge in [-0.25, -0.2) is 0 Å². The van der Waals surface area contributed by atoms with Crippen LogP contribution < -0.4 is 5.32 Å². The van der Waals surface area contributed by atoms with E-state index >= 15 is 0 Å². The Morgan fingerprint density at radius 2 is 2.15 bits per heavy atom. The molecule has 0 spiro atoms. The van der Waals surface area contributed by atoms with Crippen molar-refractivity contribution in [2.45, 2.75) is 38.6 Å². The summed E-state index contributed by atoms with van der Waals surface area (Å²) < 4.78 is 0. The van der Waals surface area contributed by atoms with Crippen molar-refractivity contribution in [2.24, 2.45) is 5.41 Å². The second-order valence-electron chi connectivity index (χ2n) is 4.13. The highest BCUT2D eigenvalue weighted by molar-refractivity contribution is 4.97. The molecule has 0 aromatic rings. The van der Waals surface area contributed by atoms with E-state index in [-0.39, 0.29) is 18.1 Å². The van der Waals surface area contributed by atoms with Crippen molar-refractivity contribution in [2.75, 3.05) is 13.2 Å². The van der Waals surface area contributed by atoms with Crippen LogP contribution >= 0.6 is 0 Å². The predicted octanol–water partition coefficient (Wildman–Crippen LogP) is 1.15. The highest BCUT2D eigenvalue weighted by Gasteiger charge is 2.32. The van der Waals surface area contributed by atoms with Gasteiger partial charge in [0.1, 0.15) is 0 Å². The molecule has 2 heteroatoms. The molecule has 1 unspecified atom stereocenters. The van der Waals surface area contributed by atoms with Gasteiger partial charge in [-0.3, -0.25) is 0 Å². The van der Waals surface area contributed by atoms with Crippen molar-refractivity contribution in [3.8, 4) is 12.3 Å². The predicted molar refractivity (Wildman–Crippen MR) is 54.3 cm³/mol. The average Bonchev–Trinajstić information content (AvgIpc) is 2.63. The van der Waals surface area contributed by atoms with Crippen molar-refractivity contribution in [3.05, 3.63) is 0 Å². The summed E-state index contributed by atoms with van der Waals surface area (Å²) in [6.07, 6.45) is 10.0. The molecule has 0 aromatic carbocycles. The maximum atomic E-state index is 9.31. The smallest absolute Gasteiger partial charge is 0.0658 e. The van der Waals surface area contributed by atoms with Crippen LogP contribution in [0.3, 0.4) is 0 Å². The minimum absolute atomic E-state index is 0.115. The minimum Gasteiger partial charge on any atom is -0.396 e. The molecule has 0 heterocycles. The summed E-state index contributed by atoms with van der Waals surface area (Å²) in [7, 11) is 0. The molecule has 1 rings (SSSR count). The Kier molecular flexibility index (Phi) is 3.77. The van der Waals surface area contributed by atoms with Crippen LogP contribution in [0.25, 0.3) is 0 Å². The van der Waals surface area contributed by atoms with Crippen LogP contribution in [0.1, 0.15) is 32.6 Å². The first-order valence-electron chi connectivity index (χ1n) is 5.03. The van der Waals surface area contributed by atoms with Gasteiger partial charge in [0.15, 0.2) is 0 Å². The summed E-state index contributed by atoms with van der Waals surface area (Å²) in [5, 5.41) is 12.6. The van der Waals surface area contributed by atoms with Crippen LogP contribution in [0.4, 0.5) is 0 Å². The van der Waals surface area contributed by atoms with Gasteiger partial charge in [0, 0.05) is 18.6 Å². The lowest BCUT2D eigenvalue weighted by Gasteiger charge is -2.27. The molecule has 1 atom stereocenters. The highest BCUT2D eigenvalue weighted by atomic mass is 16.3. The van der Waals surface area contributed by atoms with Gasteiger partial charge in [-0.15, -0.1) is 6.42 Å². The molecule has 74 valence electrons. The molecule has 0 radical (unpaired) electrons. The third-order valence-corrected chi connectivity index (χ3v) is 3.03. The maximum Gasteiger partial charge on any atom is 0.0658 e. The number of aliphatic hydroxyl groups excluding tert-OH is 1. The Hall–Kier alpha value is -0.520. The van der Waals surface area contributed by atoms with E-state index in [1.54, 1.807) is 0 Å². The zero-order valence-corrected chi connectivity index (χ0v) is 8.34. The molecule has 0 aliphatic heterocycles. The van der Waals surface area contributed by atoms with Gasteiger partial charge in [-0.1, -0.05) is 18.8 Å². The lowest BCUT2D eigenvalue weighted by atomic mass is 9.87. The number of terminal acetylenes is 1. The fraction of sp³-hybridized carbons (Fsp3) is 0.818. The maximum absolute atomic E-state index is 9.31. The average molecular weight is 181 g/mol. The Morgan fingerprint density at radius 3 is 2.62 bits per heavy atom. The van der Waals surface area contributed by atoms with Gasteiger partial charge in [-0.05, 0) is 19.8 Å². The van der Waals surface area contributed by atoms with Crippen LogP contribution in [0, 0.1) is 17.8 Å². The molecular formula is C11H19NO. The largest absolute Gasteiger partial charge is 0.396 e. The second-order valence-corrected chi connectivity index (χ2v) is 4.13. The molecule has 13 heavy (non-hydrogen) atoms. The van der Waals surface area contributed by atoms with Crippen LogP contribution in [0.2, 0.25) is 0 Å². The summed E-state index contributed by atoms with van der Waals surface area (Å²) >= 11 is 0. The zero-order chi connectivity index (χ0) is 9.73. The summed E-state index contributed by atoms with van der Waals surface area (Å²) in [5.41, 5.74) is 0.116. The first kappa shape index (κ1) is 10.6. The van der Waals surface area contributed by atoms with E-state index in [9.17, 15) is 5.11 Å². The first-order valence-corrected chi connectivity index (χ1v) is 5.03. The van der Waals surface area contributed by atoms with E-state index < -0.39 is 0 Å². The molecule has 1 fully saturated rings. The first-order chi connectivity index (χ1) is 6.22. The molecule has 2 nitrogen and oxygen atoms in total. The molecule has 0 amide bonds. The third-order valence-electron chi connectivity index (χ3n) is 3.03. The number of hydrogen-bond acceptors (Lipinski definition) is 2. The Morgan fingerprint density at radius 1 is 1.54 bits per heavy atom. The SMILES string of the molecule is C#CC(C)NCC1(CO)CCCC1. The van der Waals surface area contributed by atoms with Gasteiger partial charge in [0.25, 0.3) is 0 Å². The molecule has 0 saturated heterocycles. The molecular weight excluding hydrogens is 162 g/mol. The highest BCUT2D eigenvalue weighted by Crippen LogP contribution is 2.36. The van der Waals surface area contributed by atoms with Crippen molar-refractivity contribution in [1.82, 2.24) is 5.32 Å². The Bertz CT molecular complexity index is 189. The van der Waals surface area contributed by atoms with Crippen molar-refractivity contribution >= 4 is 0 Å². The van der Waals surface area contributed by atoms with Crippen LogP contribution in [-0.2, 0) is 0 Å². The van der Waals surface area contributed by atoms with Crippen LogP contribution in [-0.4, -0.2) is 24.3 Å². The molecule has 0 aromatic heterocycles. The van der Waals surface area contributed by atoms with E-state index in [1.165, 1.54) is 12.8 Å². The number of rotatable bonds is 4. The minimum atomic E-state index is 0.115. The van der Waals surface area contributed by atoms with E-state index in [1.807, 2.05) is 6.92 Å². The third kappa shape index (κ3) is 2.72. The standard InChI is InChI=1S/C11H19NO/c1-3-10(2)12-8-11(9-13)6-4-5-7-11/h1,10,12-13H,4-9H2,2H3. The monoisotopic (exact) mass is 181 g/mol. The van der Waals surface area contributed by atoms with Crippen molar-refractivity contribution in [3.63, 3.8) is 0 Å². The second kappa shape index (κ2) is 4.64. The summed E-state index contributed by atoms with van der Waals surface area (Å²) in [5.74, 6) is 2.64. The quantitative estimate of drug-likeness (QED) is 0.638. The number of aliphatic hydroxyl groups is 1. The summed E-state index contributed by atoms with van der Waals surface area (Å²) in [6, 6.07) is 0.115. The van der Waals surface area contributed by atoms with Crippen LogP contribution in [0.15, 0.2) is 0 Å². The van der Waals surface area contributed by atoms with Gasteiger partial charge in [-0.2, -0.15) is 0 Å². The molecule has 1 saturated carbocycles. The summed E-state index contributed by atoms with van der Waals surface area (Å²) in [4.78, 5) is 0. The van der Waals surface area contributed by atoms with E-state index in [0.29, 0.717) is 0 Å².